The third-order valence-corrected chi connectivity index (χ3v) is 3.46. The highest BCUT2D eigenvalue weighted by atomic mass is 16.5. The summed E-state index contributed by atoms with van der Waals surface area (Å²) in [5.74, 6) is -0.446. The number of hydrogen-bond donors (Lipinski definition) is 0. The molecule has 1 fully saturated rings. The summed E-state index contributed by atoms with van der Waals surface area (Å²) < 4.78 is 5.08. The van der Waals surface area contributed by atoms with Crippen LogP contribution in [0.25, 0.3) is 0 Å². The normalized spacial score (nSPS) is 18.5. The number of ether oxygens (including phenoxy) is 1. The molecule has 0 N–H and O–H groups in total. The molecule has 0 aromatic heterocycles. The first-order chi connectivity index (χ1) is 9.67. The summed E-state index contributed by atoms with van der Waals surface area (Å²) in [7, 11) is 1.58. The second kappa shape index (κ2) is 6.20. The van der Waals surface area contributed by atoms with E-state index in [-0.39, 0.29) is 18.1 Å². The molecule has 1 heterocycles. The summed E-state index contributed by atoms with van der Waals surface area (Å²) in [6.45, 7) is 0.599. The molecule has 1 aromatic carbocycles. The highest BCUT2D eigenvalue weighted by Crippen LogP contribution is 2.27. The van der Waals surface area contributed by atoms with Crippen molar-refractivity contribution in [3.63, 3.8) is 0 Å². The smallest absolute Gasteiger partial charge is 0.237 e. The Hall–Kier alpha value is -2.35. The minimum atomic E-state index is -0.675. The molecule has 0 spiro atoms. The van der Waals surface area contributed by atoms with Crippen LogP contribution in [-0.4, -0.2) is 25.3 Å². The average molecular weight is 272 g/mol. The Morgan fingerprint density at radius 2 is 2.15 bits per heavy atom. The number of carbonyl (C=O) groups is 2. The summed E-state index contributed by atoms with van der Waals surface area (Å²) in [6, 6.07) is 8.98. The van der Waals surface area contributed by atoms with Crippen LogP contribution in [0.15, 0.2) is 24.3 Å². The van der Waals surface area contributed by atoms with Crippen LogP contribution >= 0.6 is 0 Å². The van der Waals surface area contributed by atoms with Gasteiger partial charge in [-0.1, -0.05) is 0 Å². The van der Waals surface area contributed by atoms with Crippen LogP contribution < -0.4 is 9.64 Å². The Bertz CT molecular complexity index is 545. The monoisotopic (exact) mass is 272 g/mol. The quantitative estimate of drug-likeness (QED) is 0.785. The molecular weight excluding hydrogens is 256 g/mol. The molecule has 0 bridgehead atoms. The average Bonchev–Trinajstić information content (AvgIpc) is 2.48. The number of amides is 1. The van der Waals surface area contributed by atoms with Gasteiger partial charge in [-0.25, -0.2) is 0 Å². The van der Waals surface area contributed by atoms with Crippen molar-refractivity contribution in [3.8, 4) is 11.8 Å². The molecule has 1 amide bonds. The van der Waals surface area contributed by atoms with E-state index in [2.05, 4.69) is 0 Å². The van der Waals surface area contributed by atoms with Gasteiger partial charge >= 0.3 is 0 Å². The van der Waals surface area contributed by atoms with E-state index in [0.717, 1.165) is 17.9 Å². The van der Waals surface area contributed by atoms with E-state index in [4.69, 9.17) is 10.00 Å². The Balaban J connectivity index is 2.17. The van der Waals surface area contributed by atoms with E-state index in [1.165, 1.54) is 0 Å². The molecule has 5 heteroatoms. The van der Waals surface area contributed by atoms with E-state index >= 15 is 0 Å². The predicted octanol–water partition coefficient (Wildman–Crippen LogP) is 1.92. The lowest BCUT2D eigenvalue weighted by atomic mass is 9.91. The number of rotatable bonds is 4. The largest absolute Gasteiger partial charge is 0.497 e. The number of anilines is 1. The molecule has 1 aromatic rings. The zero-order valence-electron chi connectivity index (χ0n) is 11.3. The number of nitrogens with zero attached hydrogens (tertiary/aromatic N) is 2. The highest BCUT2D eigenvalue weighted by molar-refractivity contribution is 6.09. The fourth-order valence-corrected chi connectivity index (χ4v) is 2.39. The lowest BCUT2D eigenvalue weighted by Gasteiger charge is -2.31. The molecule has 1 unspecified atom stereocenters. The van der Waals surface area contributed by atoms with E-state index in [1.807, 2.05) is 6.07 Å². The van der Waals surface area contributed by atoms with Crippen LogP contribution in [0.3, 0.4) is 0 Å². The number of ketones is 1. The van der Waals surface area contributed by atoms with Crippen LogP contribution in [0.5, 0.6) is 5.75 Å². The first kappa shape index (κ1) is 14.1. The van der Waals surface area contributed by atoms with Crippen molar-refractivity contribution >= 4 is 17.4 Å². The molecule has 2 rings (SSSR count). The van der Waals surface area contributed by atoms with Gasteiger partial charge in [-0.05, 0) is 37.1 Å². The van der Waals surface area contributed by atoms with Crippen LogP contribution in [0.1, 0.15) is 19.3 Å². The maximum atomic E-state index is 12.4. The van der Waals surface area contributed by atoms with E-state index in [1.54, 1.807) is 36.3 Å². The molecule has 5 nitrogen and oxygen atoms in total. The fraction of sp³-hybridized carbons (Fsp3) is 0.400. The Kier molecular flexibility index (Phi) is 4.36. The maximum Gasteiger partial charge on any atom is 0.237 e. The summed E-state index contributed by atoms with van der Waals surface area (Å²) >= 11 is 0. The van der Waals surface area contributed by atoms with Crippen LogP contribution in [0.4, 0.5) is 5.69 Å². The number of nitriles is 1. The van der Waals surface area contributed by atoms with Crippen molar-refractivity contribution in [2.24, 2.45) is 5.92 Å². The Morgan fingerprint density at radius 3 is 2.75 bits per heavy atom. The van der Waals surface area contributed by atoms with E-state index in [0.29, 0.717) is 13.0 Å². The summed E-state index contributed by atoms with van der Waals surface area (Å²) in [5.41, 5.74) is 0.755. The topological polar surface area (TPSA) is 70.4 Å². The minimum Gasteiger partial charge on any atom is -0.497 e. The molecule has 0 saturated carbocycles. The van der Waals surface area contributed by atoms with Gasteiger partial charge in [0.05, 0.1) is 25.5 Å². The molecule has 0 aliphatic carbocycles. The standard InChI is InChI=1S/C15H16N2O3/c1-20-12-6-4-11(5-7-12)17-10-2-3-13(15(17)19)14(18)8-9-16/h4-7,13H,2-3,8,10H2,1H3. The summed E-state index contributed by atoms with van der Waals surface area (Å²) in [4.78, 5) is 25.8. The maximum absolute atomic E-state index is 12.4. The second-order valence-electron chi connectivity index (χ2n) is 4.68. The van der Waals surface area contributed by atoms with Gasteiger partial charge in [-0.3, -0.25) is 9.59 Å². The van der Waals surface area contributed by atoms with Crippen LogP contribution in [0, 0.1) is 17.2 Å². The van der Waals surface area contributed by atoms with Gasteiger partial charge in [0, 0.05) is 12.2 Å². The molecule has 1 saturated heterocycles. The number of carbonyl (C=O) groups excluding carboxylic acids is 2. The van der Waals surface area contributed by atoms with Crippen molar-refractivity contribution in [2.45, 2.75) is 19.3 Å². The molecule has 1 aliphatic heterocycles. The summed E-state index contributed by atoms with van der Waals surface area (Å²) in [6.07, 6.45) is 1.10. The number of hydrogen-bond acceptors (Lipinski definition) is 4. The van der Waals surface area contributed by atoms with Crippen molar-refractivity contribution in [3.05, 3.63) is 24.3 Å². The van der Waals surface area contributed by atoms with Gasteiger partial charge in [0.2, 0.25) is 5.91 Å². The minimum absolute atomic E-state index is 0.202. The first-order valence-electron chi connectivity index (χ1n) is 6.52. The second-order valence-corrected chi connectivity index (χ2v) is 4.68. The molecule has 1 atom stereocenters. The first-order valence-corrected chi connectivity index (χ1v) is 6.52. The van der Waals surface area contributed by atoms with E-state index in [9.17, 15) is 9.59 Å². The zero-order valence-corrected chi connectivity index (χ0v) is 11.3. The van der Waals surface area contributed by atoms with Gasteiger partial charge in [-0.15, -0.1) is 0 Å². The molecular formula is C15H16N2O3. The van der Waals surface area contributed by atoms with Crippen molar-refractivity contribution in [1.82, 2.24) is 0 Å². The van der Waals surface area contributed by atoms with Gasteiger partial charge in [0.15, 0.2) is 5.78 Å². The number of piperidine rings is 1. The van der Waals surface area contributed by atoms with Gasteiger partial charge in [0.1, 0.15) is 5.75 Å². The third kappa shape index (κ3) is 2.80. The van der Waals surface area contributed by atoms with Crippen LogP contribution in [0.2, 0.25) is 0 Å². The lowest BCUT2D eigenvalue weighted by Crippen LogP contribution is -2.44. The number of methoxy groups -OCH3 is 1. The molecule has 104 valence electrons. The SMILES string of the molecule is COc1ccc(N2CCCC(C(=O)CC#N)C2=O)cc1. The Morgan fingerprint density at radius 1 is 1.45 bits per heavy atom. The van der Waals surface area contributed by atoms with Gasteiger partial charge < -0.3 is 9.64 Å². The predicted molar refractivity (Wildman–Crippen MR) is 73.3 cm³/mol. The number of Topliss-reactive ketones (excluding diaryl/α,β-unsaturated/α-hetero) is 1. The molecule has 20 heavy (non-hydrogen) atoms. The van der Waals surface area contributed by atoms with Crippen LogP contribution in [-0.2, 0) is 9.59 Å². The van der Waals surface area contributed by atoms with Crippen molar-refractivity contribution < 1.29 is 14.3 Å². The number of benzene rings is 1. The fourth-order valence-electron chi connectivity index (χ4n) is 2.39. The lowest BCUT2D eigenvalue weighted by molar-refractivity contribution is -0.133. The third-order valence-electron chi connectivity index (χ3n) is 3.46. The van der Waals surface area contributed by atoms with Gasteiger partial charge in [-0.2, -0.15) is 5.26 Å². The van der Waals surface area contributed by atoms with Crippen molar-refractivity contribution in [2.75, 3.05) is 18.6 Å². The highest BCUT2D eigenvalue weighted by Gasteiger charge is 2.34. The molecule has 1 aliphatic rings. The zero-order chi connectivity index (χ0) is 14.5. The van der Waals surface area contributed by atoms with Gasteiger partial charge in [0.25, 0.3) is 0 Å². The van der Waals surface area contributed by atoms with E-state index < -0.39 is 5.92 Å². The van der Waals surface area contributed by atoms with Crippen molar-refractivity contribution in [1.29, 1.82) is 5.26 Å². The molecule has 0 radical (unpaired) electrons. The summed E-state index contributed by atoms with van der Waals surface area (Å²) in [5, 5.41) is 8.58. The Labute approximate surface area is 117 Å².